The summed E-state index contributed by atoms with van der Waals surface area (Å²) >= 11 is 0. The van der Waals surface area contributed by atoms with Crippen molar-refractivity contribution in [2.75, 3.05) is 0 Å². The number of nitrogens with two attached hydrogens (primary N) is 1. The van der Waals surface area contributed by atoms with Crippen molar-refractivity contribution in [2.45, 2.75) is 38.6 Å². The zero-order valence-electron chi connectivity index (χ0n) is 11.7. The third-order valence-corrected chi connectivity index (χ3v) is 4.51. The number of nitrogens with one attached hydrogen (secondary N) is 2. The van der Waals surface area contributed by atoms with Crippen LogP contribution in [-0.2, 0) is 10.0 Å². The van der Waals surface area contributed by atoms with E-state index in [0.29, 0.717) is 5.56 Å². The Morgan fingerprint density at radius 2 is 1.89 bits per heavy atom. The van der Waals surface area contributed by atoms with Crippen molar-refractivity contribution in [3.63, 3.8) is 0 Å². The van der Waals surface area contributed by atoms with Gasteiger partial charge in [-0.05, 0) is 31.4 Å². The van der Waals surface area contributed by atoms with Crippen LogP contribution in [0.3, 0.4) is 0 Å². The molecule has 0 bridgehead atoms. The van der Waals surface area contributed by atoms with Crippen LogP contribution in [0.2, 0.25) is 0 Å². The Bertz CT molecular complexity index is 580. The minimum atomic E-state index is -3.67. The van der Waals surface area contributed by atoms with Crippen molar-refractivity contribution in [1.29, 1.82) is 5.41 Å². The molecule has 0 amide bonds. The molecule has 0 spiro atoms. The lowest BCUT2D eigenvalue weighted by Crippen LogP contribution is -2.47. The summed E-state index contributed by atoms with van der Waals surface area (Å²) in [7, 11) is -3.67. The van der Waals surface area contributed by atoms with Gasteiger partial charge < -0.3 is 5.73 Å². The van der Waals surface area contributed by atoms with Crippen molar-refractivity contribution >= 4 is 15.9 Å². The third-order valence-electron chi connectivity index (χ3n) is 2.90. The van der Waals surface area contributed by atoms with E-state index in [1.54, 1.807) is 19.1 Å². The molecular formula is C13H21N3O2S. The summed E-state index contributed by atoms with van der Waals surface area (Å²) in [5, 5.41) is 7.46. The summed E-state index contributed by atoms with van der Waals surface area (Å²) in [6.07, 6.45) is 0. The summed E-state index contributed by atoms with van der Waals surface area (Å²) in [6.45, 7) is 7.29. The first-order valence-corrected chi connectivity index (χ1v) is 7.57. The molecule has 0 aromatic heterocycles. The van der Waals surface area contributed by atoms with Gasteiger partial charge in [0.1, 0.15) is 5.84 Å². The Labute approximate surface area is 114 Å². The maximum absolute atomic E-state index is 12.3. The lowest BCUT2D eigenvalue weighted by molar-refractivity contribution is 0.522. The Morgan fingerprint density at radius 1 is 1.32 bits per heavy atom. The van der Waals surface area contributed by atoms with E-state index in [1.165, 1.54) is 0 Å². The number of rotatable bonds is 5. The summed E-state index contributed by atoms with van der Waals surface area (Å²) in [5.74, 6) is -0.263. The van der Waals surface area contributed by atoms with Crippen molar-refractivity contribution in [3.8, 4) is 0 Å². The van der Waals surface area contributed by atoms with Crippen molar-refractivity contribution in [1.82, 2.24) is 4.72 Å². The Kier molecular flexibility index (Phi) is 4.70. The van der Waals surface area contributed by atoms with Crippen LogP contribution >= 0.6 is 0 Å². The van der Waals surface area contributed by atoms with Crippen LogP contribution in [0.15, 0.2) is 23.1 Å². The van der Waals surface area contributed by atoms with Gasteiger partial charge in [0.15, 0.2) is 0 Å². The second kappa shape index (κ2) is 5.71. The summed E-state index contributed by atoms with van der Waals surface area (Å²) in [5.41, 5.74) is 7.12. The summed E-state index contributed by atoms with van der Waals surface area (Å²) < 4.78 is 27.1. The molecule has 0 saturated carbocycles. The van der Waals surface area contributed by atoms with E-state index in [0.717, 1.165) is 5.56 Å². The van der Waals surface area contributed by atoms with Crippen molar-refractivity contribution < 1.29 is 8.42 Å². The molecule has 0 saturated heterocycles. The lowest BCUT2D eigenvalue weighted by Gasteiger charge is -2.21. The number of hydrogen-bond acceptors (Lipinski definition) is 3. The third kappa shape index (κ3) is 3.78. The SMILES string of the molecule is Cc1ccc(S(=O)(=O)NC(C(=N)N)C(C)C)c(C)c1. The second-order valence-electron chi connectivity index (χ2n) is 5.07. The number of aryl methyl sites for hydroxylation is 2. The maximum Gasteiger partial charge on any atom is 0.241 e. The van der Waals surface area contributed by atoms with Gasteiger partial charge in [-0.25, -0.2) is 13.1 Å². The normalized spacial score (nSPS) is 13.5. The van der Waals surface area contributed by atoms with Gasteiger partial charge in [-0.2, -0.15) is 0 Å². The van der Waals surface area contributed by atoms with Crippen LogP contribution in [0.4, 0.5) is 0 Å². The maximum atomic E-state index is 12.3. The molecule has 1 rings (SSSR count). The standard InChI is InChI=1S/C13H21N3O2S/c1-8(2)12(13(14)15)16-19(17,18)11-6-5-9(3)7-10(11)4/h5-8,12,16H,1-4H3,(H3,14,15). The zero-order chi connectivity index (χ0) is 14.8. The highest BCUT2D eigenvalue weighted by Gasteiger charge is 2.25. The monoisotopic (exact) mass is 283 g/mol. The molecule has 0 radical (unpaired) electrons. The number of sulfonamides is 1. The average molecular weight is 283 g/mol. The number of amidine groups is 1. The molecule has 1 unspecified atom stereocenters. The molecule has 1 aromatic carbocycles. The smallest absolute Gasteiger partial charge is 0.241 e. The summed E-state index contributed by atoms with van der Waals surface area (Å²) in [6, 6.07) is 4.45. The van der Waals surface area contributed by atoms with E-state index in [4.69, 9.17) is 11.1 Å². The van der Waals surface area contributed by atoms with Crippen LogP contribution < -0.4 is 10.5 Å². The van der Waals surface area contributed by atoms with Gasteiger partial charge in [0, 0.05) is 0 Å². The van der Waals surface area contributed by atoms with Crippen molar-refractivity contribution in [2.24, 2.45) is 11.7 Å². The largest absolute Gasteiger partial charge is 0.386 e. The molecule has 0 fully saturated rings. The second-order valence-corrected chi connectivity index (χ2v) is 6.75. The fraction of sp³-hybridized carbons (Fsp3) is 0.462. The van der Waals surface area contributed by atoms with E-state index < -0.39 is 16.1 Å². The molecule has 0 heterocycles. The van der Waals surface area contributed by atoms with Gasteiger partial charge in [0.25, 0.3) is 0 Å². The first-order valence-electron chi connectivity index (χ1n) is 6.08. The molecule has 1 atom stereocenters. The van der Waals surface area contributed by atoms with Crippen LogP contribution in [0.1, 0.15) is 25.0 Å². The van der Waals surface area contributed by atoms with E-state index in [9.17, 15) is 8.42 Å². The highest BCUT2D eigenvalue weighted by atomic mass is 32.2. The minimum absolute atomic E-state index is 0.0852. The molecule has 6 heteroatoms. The predicted octanol–water partition coefficient (Wildman–Crippen LogP) is 1.54. The fourth-order valence-corrected chi connectivity index (χ4v) is 3.48. The van der Waals surface area contributed by atoms with E-state index in [2.05, 4.69) is 4.72 Å². The van der Waals surface area contributed by atoms with Crippen LogP contribution in [-0.4, -0.2) is 20.3 Å². The van der Waals surface area contributed by atoms with Gasteiger partial charge in [0.2, 0.25) is 10.0 Å². The van der Waals surface area contributed by atoms with Crippen molar-refractivity contribution in [3.05, 3.63) is 29.3 Å². The highest BCUT2D eigenvalue weighted by molar-refractivity contribution is 7.89. The zero-order valence-corrected chi connectivity index (χ0v) is 12.5. The van der Waals surface area contributed by atoms with Crippen LogP contribution in [0.5, 0.6) is 0 Å². The molecule has 5 nitrogen and oxygen atoms in total. The molecule has 1 aromatic rings. The number of hydrogen-bond donors (Lipinski definition) is 3. The molecular weight excluding hydrogens is 262 g/mol. The minimum Gasteiger partial charge on any atom is -0.386 e. The summed E-state index contributed by atoms with van der Waals surface area (Å²) in [4.78, 5) is 0.227. The predicted molar refractivity (Wildman–Crippen MR) is 76.8 cm³/mol. The molecule has 0 aliphatic heterocycles. The van der Waals surface area contributed by atoms with Gasteiger partial charge in [-0.1, -0.05) is 31.5 Å². The average Bonchev–Trinajstić information content (AvgIpc) is 2.24. The van der Waals surface area contributed by atoms with Gasteiger partial charge >= 0.3 is 0 Å². The molecule has 106 valence electrons. The van der Waals surface area contributed by atoms with Gasteiger partial charge in [0.05, 0.1) is 10.9 Å². The molecule has 19 heavy (non-hydrogen) atoms. The highest BCUT2D eigenvalue weighted by Crippen LogP contribution is 2.17. The first-order chi connectivity index (χ1) is 8.65. The van der Waals surface area contributed by atoms with Gasteiger partial charge in [-0.15, -0.1) is 0 Å². The molecule has 0 aliphatic rings. The lowest BCUT2D eigenvalue weighted by atomic mass is 10.1. The fourth-order valence-electron chi connectivity index (χ4n) is 1.89. The van der Waals surface area contributed by atoms with Crippen LogP contribution in [0.25, 0.3) is 0 Å². The first kappa shape index (κ1) is 15.7. The quantitative estimate of drug-likeness (QED) is 0.565. The Balaban J connectivity index is 3.14. The Morgan fingerprint density at radius 3 is 2.32 bits per heavy atom. The topological polar surface area (TPSA) is 96.0 Å². The van der Waals surface area contributed by atoms with E-state index in [1.807, 2.05) is 26.8 Å². The van der Waals surface area contributed by atoms with Crippen LogP contribution in [0, 0.1) is 25.2 Å². The molecule has 0 aliphatic carbocycles. The molecule has 4 N–H and O–H groups in total. The Hall–Kier alpha value is -1.40. The van der Waals surface area contributed by atoms with E-state index in [-0.39, 0.29) is 16.6 Å². The number of benzene rings is 1. The van der Waals surface area contributed by atoms with E-state index >= 15 is 0 Å². The van der Waals surface area contributed by atoms with Gasteiger partial charge in [-0.3, -0.25) is 5.41 Å².